The Kier molecular flexibility index (Phi) is 6.86. The van der Waals surface area contributed by atoms with Crippen molar-refractivity contribution >= 4 is 29.3 Å². The Hall–Kier alpha value is -0.710. The molecule has 0 bridgehead atoms. The second-order valence-electron chi connectivity index (χ2n) is 5.53. The van der Waals surface area contributed by atoms with Gasteiger partial charge in [0.05, 0.1) is 10.6 Å². The lowest BCUT2D eigenvalue weighted by atomic mass is 9.89. The average Bonchev–Trinajstić information content (AvgIpc) is 2.44. The summed E-state index contributed by atoms with van der Waals surface area (Å²) in [7, 11) is 0. The lowest BCUT2D eigenvalue weighted by molar-refractivity contribution is 0.0948. The standard InChI is InChI=1S/C15H22ClNO2S/c1-15(2,10-18)7-4-8-17-14(19)12-9-11(20-3)5-6-13(12)16/h5-6,9,18H,4,7-8,10H2,1-3H3,(H,17,19). The smallest absolute Gasteiger partial charge is 0.252 e. The minimum atomic E-state index is -0.146. The van der Waals surface area contributed by atoms with E-state index in [4.69, 9.17) is 16.7 Å². The van der Waals surface area contributed by atoms with Crippen LogP contribution in [0.1, 0.15) is 37.0 Å². The van der Waals surface area contributed by atoms with Crippen molar-refractivity contribution in [2.45, 2.75) is 31.6 Å². The van der Waals surface area contributed by atoms with Crippen LogP contribution in [0.5, 0.6) is 0 Å². The van der Waals surface area contributed by atoms with Crippen molar-refractivity contribution in [3.63, 3.8) is 0 Å². The highest BCUT2D eigenvalue weighted by Gasteiger charge is 2.16. The zero-order valence-corrected chi connectivity index (χ0v) is 13.8. The molecule has 0 aliphatic rings. The van der Waals surface area contributed by atoms with E-state index in [1.807, 2.05) is 26.2 Å². The number of aliphatic hydroxyl groups excluding tert-OH is 1. The van der Waals surface area contributed by atoms with E-state index in [2.05, 4.69) is 5.32 Å². The van der Waals surface area contributed by atoms with Crippen LogP contribution in [0.2, 0.25) is 5.02 Å². The Balaban J connectivity index is 2.51. The number of nitrogens with one attached hydrogen (secondary N) is 1. The summed E-state index contributed by atoms with van der Waals surface area (Å²) >= 11 is 7.63. The number of hydrogen-bond donors (Lipinski definition) is 2. The van der Waals surface area contributed by atoms with Crippen LogP contribution in [-0.2, 0) is 0 Å². The highest BCUT2D eigenvalue weighted by atomic mass is 35.5. The van der Waals surface area contributed by atoms with Crippen LogP contribution in [-0.4, -0.2) is 30.4 Å². The van der Waals surface area contributed by atoms with Crippen molar-refractivity contribution in [3.05, 3.63) is 28.8 Å². The van der Waals surface area contributed by atoms with E-state index in [1.165, 1.54) is 0 Å². The van der Waals surface area contributed by atoms with Crippen molar-refractivity contribution in [1.29, 1.82) is 0 Å². The highest BCUT2D eigenvalue weighted by Crippen LogP contribution is 2.23. The topological polar surface area (TPSA) is 49.3 Å². The van der Waals surface area contributed by atoms with Gasteiger partial charge in [0.2, 0.25) is 0 Å². The molecule has 3 nitrogen and oxygen atoms in total. The van der Waals surface area contributed by atoms with E-state index in [0.717, 1.165) is 17.7 Å². The normalized spacial score (nSPS) is 11.4. The van der Waals surface area contributed by atoms with Crippen molar-refractivity contribution in [1.82, 2.24) is 5.32 Å². The molecule has 1 amide bonds. The van der Waals surface area contributed by atoms with Gasteiger partial charge in [-0.05, 0) is 42.7 Å². The van der Waals surface area contributed by atoms with E-state index in [9.17, 15) is 4.79 Å². The lowest BCUT2D eigenvalue weighted by Crippen LogP contribution is -2.26. The molecule has 0 aliphatic carbocycles. The van der Waals surface area contributed by atoms with Crippen molar-refractivity contribution in [2.75, 3.05) is 19.4 Å². The van der Waals surface area contributed by atoms with Crippen LogP contribution in [0.3, 0.4) is 0 Å². The predicted octanol–water partition coefficient (Wildman–Crippen LogP) is 3.59. The monoisotopic (exact) mass is 315 g/mol. The Morgan fingerprint density at radius 3 is 2.75 bits per heavy atom. The lowest BCUT2D eigenvalue weighted by Gasteiger charge is -2.21. The van der Waals surface area contributed by atoms with Crippen LogP contribution in [0, 0.1) is 5.41 Å². The molecule has 0 fully saturated rings. The van der Waals surface area contributed by atoms with Gasteiger partial charge in [-0.25, -0.2) is 0 Å². The third-order valence-corrected chi connectivity index (χ3v) is 4.22. The number of thioether (sulfide) groups is 1. The summed E-state index contributed by atoms with van der Waals surface area (Å²) in [5, 5.41) is 12.5. The molecule has 2 N–H and O–H groups in total. The molecule has 0 aliphatic heterocycles. The summed E-state index contributed by atoms with van der Waals surface area (Å²) in [4.78, 5) is 13.1. The quantitative estimate of drug-likeness (QED) is 0.597. The van der Waals surface area contributed by atoms with Gasteiger partial charge in [-0.2, -0.15) is 0 Å². The van der Waals surface area contributed by atoms with E-state index in [0.29, 0.717) is 17.1 Å². The summed E-state index contributed by atoms with van der Waals surface area (Å²) in [6, 6.07) is 5.45. The van der Waals surface area contributed by atoms with E-state index in [1.54, 1.807) is 23.9 Å². The van der Waals surface area contributed by atoms with Crippen LogP contribution in [0.4, 0.5) is 0 Å². The highest BCUT2D eigenvalue weighted by molar-refractivity contribution is 7.98. The molecule has 0 heterocycles. The number of carbonyl (C=O) groups is 1. The van der Waals surface area contributed by atoms with Gasteiger partial charge in [0.25, 0.3) is 5.91 Å². The summed E-state index contributed by atoms with van der Waals surface area (Å²) < 4.78 is 0. The average molecular weight is 316 g/mol. The molecule has 20 heavy (non-hydrogen) atoms. The number of carbonyl (C=O) groups excluding carboxylic acids is 1. The Morgan fingerprint density at radius 2 is 2.15 bits per heavy atom. The first-order valence-electron chi connectivity index (χ1n) is 6.62. The molecular formula is C15H22ClNO2S. The van der Waals surface area contributed by atoms with Gasteiger partial charge in [-0.15, -0.1) is 11.8 Å². The molecule has 1 aromatic carbocycles. The molecule has 0 saturated heterocycles. The fraction of sp³-hybridized carbons (Fsp3) is 0.533. The molecule has 1 aromatic rings. The molecular weight excluding hydrogens is 294 g/mol. The number of rotatable bonds is 7. The van der Waals surface area contributed by atoms with Gasteiger partial charge in [0.1, 0.15) is 0 Å². The molecule has 112 valence electrons. The maximum absolute atomic E-state index is 12.1. The molecule has 0 radical (unpaired) electrons. The number of halogens is 1. The second kappa shape index (κ2) is 7.91. The maximum atomic E-state index is 12.1. The first-order chi connectivity index (χ1) is 9.39. The van der Waals surface area contributed by atoms with Crippen molar-refractivity contribution in [3.8, 4) is 0 Å². The van der Waals surface area contributed by atoms with Crippen LogP contribution < -0.4 is 5.32 Å². The number of benzene rings is 1. The Labute approximate surface area is 130 Å². The number of hydrogen-bond acceptors (Lipinski definition) is 3. The minimum Gasteiger partial charge on any atom is -0.396 e. The number of amides is 1. The zero-order valence-electron chi connectivity index (χ0n) is 12.2. The summed E-state index contributed by atoms with van der Waals surface area (Å²) in [6.45, 7) is 4.76. The van der Waals surface area contributed by atoms with Gasteiger partial charge in [-0.3, -0.25) is 4.79 Å². The molecule has 0 unspecified atom stereocenters. The molecule has 5 heteroatoms. The van der Waals surface area contributed by atoms with E-state index < -0.39 is 0 Å². The third kappa shape index (κ3) is 5.35. The zero-order chi connectivity index (χ0) is 15.2. The first kappa shape index (κ1) is 17.3. The summed E-state index contributed by atoms with van der Waals surface area (Å²) in [5.74, 6) is -0.146. The van der Waals surface area contributed by atoms with Crippen LogP contribution in [0.25, 0.3) is 0 Å². The fourth-order valence-corrected chi connectivity index (χ4v) is 2.39. The van der Waals surface area contributed by atoms with Gasteiger partial charge in [-0.1, -0.05) is 25.4 Å². The first-order valence-corrected chi connectivity index (χ1v) is 8.22. The van der Waals surface area contributed by atoms with Gasteiger partial charge in [0, 0.05) is 18.0 Å². The minimum absolute atomic E-state index is 0.0961. The van der Waals surface area contributed by atoms with E-state index in [-0.39, 0.29) is 17.9 Å². The largest absolute Gasteiger partial charge is 0.396 e. The molecule has 0 spiro atoms. The Bertz CT molecular complexity index is 463. The second-order valence-corrected chi connectivity index (χ2v) is 6.81. The van der Waals surface area contributed by atoms with Crippen LogP contribution >= 0.6 is 23.4 Å². The predicted molar refractivity (Wildman–Crippen MR) is 85.7 cm³/mol. The van der Waals surface area contributed by atoms with Crippen molar-refractivity contribution in [2.24, 2.45) is 5.41 Å². The summed E-state index contributed by atoms with van der Waals surface area (Å²) in [5.41, 5.74) is 0.418. The van der Waals surface area contributed by atoms with Gasteiger partial charge in [0.15, 0.2) is 0 Å². The maximum Gasteiger partial charge on any atom is 0.252 e. The van der Waals surface area contributed by atoms with Gasteiger partial charge >= 0.3 is 0 Å². The summed E-state index contributed by atoms with van der Waals surface area (Å²) in [6.07, 6.45) is 3.66. The van der Waals surface area contributed by atoms with Crippen molar-refractivity contribution < 1.29 is 9.90 Å². The van der Waals surface area contributed by atoms with Crippen LogP contribution in [0.15, 0.2) is 23.1 Å². The molecule has 0 aromatic heterocycles. The van der Waals surface area contributed by atoms with E-state index >= 15 is 0 Å². The number of aliphatic hydroxyl groups is 1. The fourth-order valence-electron chi connectivity index (χ4n) is 1.75. The Morgan fingerprint density at radius 1 is 1.45 bits per heavy atom. The molecule has 0 atom stereocenters. The molecule has 0 saturated carbocycles. The SMILES string of the molecule is CSc1ccc(Cl)c(C(=O)NCCCC(C)(C)CO)c1. The van der Waals surface area contributed by atoms with Gasteiger partial charge < -0.3 is 10.4 Å². The third-order valence-electron chi connectivity index (χ3n) is 3.16. The molecule has 1 rings (SSSR count).